The molecule has 0 saturated carbocycles. The fraction of sp³-hybridized carbons (Fsp3) is 0.467. The number of rotatable bonds is 3. The Labute approximate surface area is 119 Å². The highest BCUT2D eigenvalue weighted by Gasteiger charge is 2.40. The van der Waals surface area contributed by atoms with Crippen molar-refractivity contribution in [1.29, 1.82) is 0 Å². The predicted octanol–water partition coefficient (Wildman–Crippen LogP) is 1.52. The van der Waals surface area contributed by atoms with Gasteiger partial charge in [0, 0.05) is 12.7 Å². The van der Waals surface area contributed by atoms with E-state index in [0.717, 1.165) is 11.4 Å². The largest absolute Gasteiger partial charge is 0.497 e. The van der Waals surface area contributed by atoms with Crippen LogP contribution >= 0.6 is 0 Å². The Morgan fingerprint density at radius 1 is 1.20 bits per heavy atom. The van der Waals surface area contributed by atoms with Gasteiger partial charge in [-0.05, 0) is 30.2 Å². The number of piperazine rings is 1. The van der Waals surface area contributed by atoms with Crippen LogP contribution in [-0.4, -0.2) is 43.5 Å². The molecule has 0 bridgehead atoms. The number of hydrogen-bond acceptors (Lipinski definition) is 3. The first kappa shape index (κ1) is 14.4. The zero-order valence-electron chi connectivity index (χ0n) is 12.3. The van der Waals surface area contributed by atoms with Crippen LogP contribution in [0, 0.1) is 5.92 Å². The van der Waals surface area contributed by atoms with Crippen molar-refractivity contribution in [2.75, 3.05) is 25.6 Å². The maximum atomic E-state index is 12.3. The van der Waals surface area contributed by atoms with Crippen LogP contribution in [0.15, 0.2) is 24.3 Å². The highest BCUT2D eigenvalue weighted by molar-refractivity contribution is 6.06. The molecular formula is C15H20N2O3. The monoisotopic (exact) mass is 276 g/mol. The third-order valence-corrected chi connectivity index (χ3v) is 3.53. The van der Waals surface area contributed by atoms with Crippen LogP contribution in [0.2, 0.25) is 0 Å². The van der Waals surface area contributed by atoms with Gasteiger partial charge in [-0.25, -0.2) is 0 Å². The molecule has 1 aliphatic rings. The number of ether oxygens (including phenoxy) is 1. The highest BCUT2D eigenvalue weighted by Crippen LogP contribution is 2.27. The second kappa shape index (κ2) is 5.53. The van der Waals surface area contributed by atoms with E-state index in [0.29, 0.717) is 0 Å². The summed E-state index contributed by atoms with van der Waals surface area (Å²) in [6.45, 7) is 4.02. The number of likely N-dealkylation sites (N-methyl/N-ethyl adjacent to an activating group) is 1. The summed E-state index contributed by atoms with van der Waals surface area (Å²) in [6.07, 6.45) is 0. The lowest BCUT2D eigenvalue weighted by atomic mass is 9.97. The molecule has 108 valence electrons. The van der Waals surface area contributed by atoms with Crippen molar-refractivity contribution >= 4 is 17.5 Å². The van der Waals surface area contributed by atoms with E-state index in [1.54, 1.807) is 31.2 Å². The van der Waals surface area contributed by atoms with E-state index in [9.17, 15) is 9.59 Å². The van der Waals surface area contributed by atoms with Gasteiger partial charge in [-0.15, -0.1) is 0 Å². The molecule has 2 rings (SSSR count). The van der Waals surface area contributed by atoms with Gasteiger partial charge in [0.2, 0.25) is 11.8 Å². The van der Waals surface area contributed by atoms with Crippen molar-refractivity contribution < 1.29 is 14.3 Å². The highest BCUT2D eigenvalue weighted by atomic mass is 16.5. The van der Waals surface area contributed by atoms with Crippen molar-refractivity contribution in [3.63, 3.8) is 0 Å². The van der Waals surface area contributed by atoms with E-state index in [2.05, 4.69) is 0 Å². The zero-order valence-corrected chi connectivity index (χ0v) is 12.3. The summed E-state index contributed by atoms with van der Waals surface area (Å²) >= 11 is 0. The van der Waals surface area contributed by atoms with Gasteiger partial charge < -0.3 is 9.64 Å². The summed E-state index contributed by atoms with van der Waals surface area (Å²) in [5.41, 5.74) is 0.732. The van der Waals surface area contributed by atoms with Gasteiger partial charge in [-0.3, -0.25) is 14.5 Å². The summed E-state index contributed by atoms with van der Waals surface area (Å²) in [6, 6.07) is 6.76. The molecular weight excluding hydrogens is 256 g/mol. The number of anilines is 1. The van der Waals surface area contributed by atoms with E-state index in [1.807, 2.05) is 26.0 Å². The van der Waals surface area contributed by atoms with E-state index < -0.39 is 6.04 Å². The standard InChI is InChI=1S/C15H20N2O3/c1-10(2)14-15(19)16(3)9-13(18)17(14)11-5-7-12(20-4)8-6-11/h5-8,10,14H,9H2,1-4H3/t14-/m0/s1. The van der Waals surface area contributed by atoms with Crippen LogP contribution in [0.4, 0.5) is 5.69 Å². The molecule has 0 spiro atoms. The smallest absolute Gasteiger partial charge is 0.247 e. The molecule has 0 radical (unpaired) electrons. The Balaban J connectivity index is 2.39. The molecule has 0 aromatic heterocycles. The van der Waals surface area contributed by atoms with Crippen molar-refractivity contribution in [3.8, 4) is 5.75 Å². The lowest BCUT2D eigenvalue weighted by Crippen LogP contribution is -2.60. The Kier molecular flexibility index (Phi) is 3.97. The van der Waals surface area contributed by atoms with Crippen molar-refractivity contribution in [1.82, 2.24) is 4.90 Å². The zero-order chi connectivity index (χ0) is 14.9. The van der Waals surface area contributed by atoms with Gasteiger partial charge in [0.15, 0.2) is 0 Å². The van der Waals surface area contributed by atoms with Crippen LogP contribution in [-0.2, 0) is 9.59 Å². The van der Waals surface area contributed by atoms with E-state index >= 15 is 0 Å². The molecule has 1 aromatic rings. The van der Waals surface area contributed by atoms with Gasteiger partial charge >= 0.3 is 0 Å². The van der Waals surface area contributed by atoms with Crippen LogP contribution < -0.4 is 9.64 Å². The van der Waals surface area contributed by atoms with Gasteiger partial charge in [0.05, 0.1) is 13.7 Å². The average Bonchev–Trinajstić information content (AvgIpc) is 2.42. The Hall–Kier alpha value is -2.04. The number of methoxy groups -OCH3 is 1. The number of nitrogens with zero attached hydrogens (tertiary/aromatic N) is 2. The predicted molar refractivity (Wildman–Crippen MR) is 76.7 cm³/mol. The fourth-order valence-corrected chi connectivity index (χ4v) is 2.48. The summed E-state index contributed by atoms with van der Waals surface area (Å²) < 4.78 is 5.12. The van der Waals surface area contributed by atoms with E-state index in [4.69, 9.17) is 4.74 Å². The maximum Gasteiger partial charge on any atom is 0.247 e. The number of carbonyl (C=O) groups is 2. The quantitative estimate of drug-likeness (QED) is 0.841. The second-order valence-electron chi connectivity index (χ2n) is 5.34. The minimum Gasteiger partial charge on any atom is -0.497 e. The number of hydrogen-bond donors (Lipinski definition) is 0. The average molecular weight is 276 g/mol. The Morgan fingerprint density at radius 2 is 1.80 bits per heavy atom. The molecule has 1 aromatic carbocycles. The molecule has 2 amide bonds. The van der Waals surface area contributed by atoms with Gasteiger partial charge in [-0.1, -0.05) is 13.8 Å². The third-order valence-electron chi connectivity index (χ3n) is 3.53. The third kappa shape index (κ3) is 2.48. The molecule has 20 heavy (non-hydrogen) atoms. The molecule has 5 heteroatoms. The first-order valence-electron chi connectivity index (χ1n) is 6.66. The summed E-state index contributed by atoms with van der Waals surface area (Å²) in [7, 11) is 3.26. The van der Waals surface area contributed by atoms with Crippen molar-refractivity contribution in [3.05, 3.63) is 24.3 Å². The molecule has 1 heterocycles. The first-order valence-corrected chi connectivity index (χ1v) is 6.66. The van der Waals surface area contributed by atoms with Gasteiger partial charge in [0.1, 0.15) is 11.8 Å². The van der Waals surface area contributed by atoms with Crippen molar-refractivity contribution in [2.45, 2.75) is 19.9 Å². The van der Waals surface area contributed by atoms with Gasteiger partial charge in [-0.2, -0.15) is 0 Å². The van der Waals surface area contributed by atoms with Crippen LogP contribution in [0.3, 0.4) is 0 Å². The van der Waals surface area contributed by atoms with Crippen LogP contribution in [0.1, 0.15) is 13.8 Å². The number of amides is 2. The molecule has 0 unspecified atom stereocenters. The summed E-state index contributed by atoms with van der Waals surface area (Å²) in [5, 5.41) is 0. The Bertz CT molecular complexity index is 510. The molecule has 1 atom stereocenters. The SMILES string of the molecule is COc1ccc(N2C(=O)CN(C)C(=O)[C@@H]2C(C)C)cc1. The summed E-state index contributed by atoms with van der Waals surface area (Å²) in [4.78, 5) is 27.7. The molecule has 1 saturated heterocycles. The lowest BCUT2D eigenvalue weighted by Gasteiger charge is -2.40. The topological polar surface area (TPSA) is 49.9 Å². The molecule has 5 nitrogen and oxygen atoms in total. The minimum absolute atomic E-state index is 0.0181. The van der Waals surface area contributed by atoms with Crippen LogP contribution in [0.25, 0.3) is 0 Å². The maximum absolute atomic E-state index is 12.3. The molecule has 0 aliphatic carbocycles. The number of carbonyl (C=O) groups excluding carboxylic acids is 2. The molecule has 0 N–H and O–H groups in total. The normalized spacial score (nSPS) is 19.8. The van der Waals surface area contributed by atoms with Gasteiger partial charge in [0.25, 0.3) is 0 Å². The molecule has 1 fully saturated rings. The van der Waals surface area contributed by atoms with Crippen molar-refractivity contribution in [2.24, 2.45) is 5.92 Å². The van der Waals surface area contributed by atoms with E-state index in [-0.39, 0.29) is 24.3 Å². The first-order chi connectivity index (χ1) is 9.45. The second-order valence-corrected chi connectivity index (χ2v) is 5.34. The fourth-order valence-electron chi connectivity index (χ4n) is 2.48. The molecule has 1 aliphatic heterocycles. The van der Waals surface area contributed by atoms with E-state index in [1.165, 1.54) is 4.90 Å². The lowest BCUT2D eigenvalue weighted by molar-refractivity contribution is -0.141. The summed E-state index contributed by atoms with van der Waals surface area (Å²) in [5.74, 6) is 0.699. The number of benzene rings is 1. The Morgan fingerprint density at radius 3 is 2.30 bits per heavy atom. The van der Waals surface area contributed by atoms with Crippen LogP contribution in [0.5, 0.6) is 5.75 Å². The minimum atomic E-state index is -0.449.